The Bertz CT molecular complexity index is 2330. The summed E-state index contributed by atoms with van der Waals surface area (Å²) in [5, 5.41) is 17.4. The quantitative estimate of drug-likeness (QED) is 0.0498. The zero-order valence-corrected chi connectivity index (χ0v) is 30.8. The maximum Gasteiger partial charge on any atom is 0.339 e. The van der Waals surface area contributed by atoms with E-state index in [0.29, 0.717) is 17.7 Å². The molecule has 10 heteroatoms. The molecule has 2 heterocycles. The van der Waals surface area contributed by atoms with Crippen LogP contribution in [0.15, 0.2) is 115 Å². The molecule has 0 atom stereocenters. The normalized spacial score (nSPS) is 12.5. The Hall–Kier alpha value is -5.65. The highest BCUT2D eigenvalue weighted by Gasteiger charge is 2.19. The average molecular weight is 712 g/mol. The van der Waals surface area contributed by atoms with E-state index in [1.807, 2.05) is 68.5 Å². The number of carbonyl (C=O) groups excluding carboxylic acids is 1. The van der Waals surface area contributed by atoms with Crippen LogP contribution in [-0.2, 0) is 47.6 Å². The number of rotatable bonds is 14. The number of aromatic nitrogens is 4. The van der Waals surface area contributed by atoms with E-state index >= 15 is 0 Å². The molecule has 2 aromatic heterocycles. The monoisotopic (exact) mass is 711 g/mol. The number of carbonyl (C=O) groups is 1. The molecular weight excluding hydrogens is 667 g/mol. The van der Waals surface area contributed by atoms with Gasteiger partial charge in [0.2, 0.25) is 0 Å². The van der Waals surface area contributed by atoms with Crippen LogP contribution < -0.4 is 0 Å². The van der Waals surface area contributed by atoms with E-state index < -0.39 is 5.97 Å². The standard InChI is InChI=1S/C43H45N5O5/c1-6-9-16-36(43(49)52-27-31-14-12-15-32(24-31)28-53-48(50)51)35(8-3)33-21-19-30(20-22-33)26-47-39-25-34(23-29(4)41(39)45-40(47)13-7-2)42-44-37-17-10-11-18-38(37)46(42)5/h6,8-12,14-25,50-51H,7,13,26-28H2,1-5H3/b9-6-,35-8-,36-16+. The Morgan fingerprint density at radius 3 is 2.34 bits per heavy atom. The van der Waals surface area contributed by atoms with Gasteiger partial charge in [-0.1, -0.05) is 85.8 Å². The number of esters is 1. The Kier molecular flexibility index (Phi) is 11.8. The summed E-state index contributed by atoms with van der Waals surface area (Å²) < 4.78 is 10.2. The fraction of sp³-hybridized carbons (Fsp3) is 0.233. The summed E-state index contributed by atoms with van der Waals surface area (Å²) >= 11 is 0. The highest BCUT2D eigenvalue weighted by Crippen LogP contribution is 2.31. The topological polar surface area (TPSA) is 115 Å². The summed E-state index contributed by atoms with van der Waals surface area (Å²) in [4.78, 5) is 28.3. The molecule has 0 bridgehead atoms. The summed E-state index contributed by atoms with van der Waals surface area (Å²) in [6.45, 7) is 8.73. The van der Waals surface area contributed by atoms with Crippen molar-refractivity contribution in [1.82, 2.24) is 24.5 Å². The first kappa shape index (κ1) is 37.1. The van der Waals surface area contributed by atoms with Crippen molar-refractivity contribution in [2.75, 3.05) is 0 Å². The number of ether oxygens (including phenoxy) is 1. The van der Waals surface area contributed by atoms with Gasteiger partial charge < -0.3 is 13.9 Å². The summed E-state index contributed by atoms with van der Waals surface area (Å²) in [6, 6.07) is 28.1. The van der Waals surface area contributed by atoms with Gasteiger partial charge in [0.05, 0.1) is 39.6 Å². The van der Waals surface area contributed by atoms with Crippen molar-refractivity contribution in [2.45, 2.75) is 60.3 Å². The van der Waals surface area contributed by atoms with Crippen molar-refractivity contribution >= 4 is 33.6 Å². The van der Waals surface area contributed by atoms with Gasteiger partial charge >= 0.3 is 5.97 Å². The summed E-state index contributed by atoms with van der Waals surface area (Å²) in [5.74, 6) is 1.51. The summed E-state index contributed by atoms with van der Waals surface area (Å²) in [5.41, 5.74) is 10.9. The van der Waals surface area contributed by atoms with Gasteiger partial charge in [0.15, 0.2) is 0 Å². The number of fused-ring (bicyclic) bond motifs is 2. The third-order valence-electron chi connectivity index (χ3n) is 9.21. The van der Waals surface area contributed by atoms with E-state index in [9.17, 15) is 4.79 Å². The number of aryl methyl sites for hydroxylation is 3. The molecule has 0 aliphatic carbocycles. The van der Waals surface area contributed by atoms with Crippen LogP contribution in [0.1, 0.15) is 60.8 Å². The van der Waals surface area contributed by atoms with Crippen LogP contribution in [0.25, 0.3) is 39.0 Å². The number of nitrogens with zero attached hydrogens (tertiary/aromatic N) is 5. The Balaban J connectivity index is 1.25. The number of para-hydroxylation sites is 2. The third kappa shape index (κ3) is 8.37. The molecule has 0 unspecified atom stereocenters. The molecule has 0 amide bonds. The molecular formula is C43H45N5O5. The maximum absolute atomic E-state index is 13.5. The molecule has 0 saturated heterocycles. The van der Waals surface area contributed by atoms with Gasteiger partial charge in [-0.05, 0) is 90.9 Å². The zero-order chi connectivity index (χ0) is 37.5. The lowest BCUT2D eigenvalue weighted by Gasteiger charge is -2.14. The van der Waals surface area contributed by atoms with Crippen LogP contribution in [0, 0.1) is 6.92 Å². The minimum absolute atomic E-state index is 0.0362. The Morgan fingerprint density at radius 2 is 1.64 bits per heavy atom. The largest absolute Gasteiger partial charge is 0.457 e. The SMILES string of the molecule is C\C=C/C=C(C(=O)OCc1cccc(CON(O)O)c1)\C(=C/C)c1ccc(Cn2c(CCC)nc3c(C)cc(-c4nc5ccccc5n4C)cc32)cc1. The highest BCUT2D eigenvalue weighted by atomic mass is 17.1. The van der Waals surface area contributed by atoms with Crippen LogP contribution in [0.4, 0.5) is 0 Å². The van der Waals surface area contributed by atoms with Gasteiger partial charge in [-0.3, -0.25) is 10.4 Å². The molecule has 0 fully saturated rings. The molecule has 0 saturated carbocycles. The number of allylic oxidation sites excluding steroid dienone is 4. The van der Waals surface area contributed by atoms with Crippen molar-refractivity contribution in [3.63, 3.8) is 0 Å². The van der Waals surface area contributed by atoms with Crippen LogP contribution in [0.3, 0.4) is 0 Å². The molecule has 0 aliphatic heterocycles. The smallest absolute Gasteiger partial charge is 0.339 e. The fourth-order valence-corrected chi connectivity index (χ4v) is 6.64. The van der Waals surface area contributed by atoms with Gasteiger partial charge in [0, 0.05) is 25.6 Å². The van der Waals surface area contributed by atoms with E-state index in [1.54, 1.807) is 24.3 Å². The molecule has 10 nitrogen and oxygen atoms in total. The van der Waals surface area contributed by atoms with Crippen molar-refractivity contribution in [2.24, 2.45) is 7.05 Å². The van der Waals surface area contributed by atoms with Crippen molar-refractivity contribution in [1.29, 1.82) is 0 Å². The Morgan fingerprint density at radius 1 is 0.887 bits per heavy atom. The number of hydrogen-bond acceptors (Lipinski definition) is 8. The number of imidazole rings is 2. The molecule has 53 heavy (non-hydrogen) atoms. The fourth-order valence-electron chi connectivity index (χ4n) is 6.64. The first-order valence-corrected chi connectivity index (χ1v) is 17.8. The molecule has 4 aromatic carbocycles. The lowest BCUT2D eigenvalue weighted by Crippen LogP contribution is -2.14. The van der Waals surface area contributed by atoms with Crippen molar-refractivity contribution in [3.8, 4) is 11.4 Å². The lowest BCUT2D eigenvalue weighted by molar-refractivity contribution is -0.497. The van der Waals surface area contributed by atoms with E-state index in [1.165, 1.54) is 0 Å². The van der Waals surface area contributed by atoms with E-state index in [4.69, 9.17) is 30.0 Å². The molecule has 2 N–H and O–H groups in total. The molecule has 272 valence electrons. The van der Waals surface area contributed by atoms with Gasteiger partial charge in [0.1, 0.15) is 18.3 Å². The predicted molar refractivity (Wildman–Crippen MR) is 207 cm³/mol. The second-order valence-electron chi connectivity index (χ2n) is 12.9. The van der Waals surface area contributed by atoms with Crippen LogP contribution in [-0.4, -0.2) is 40.9 Å². The lowest BCUT2D eigenvalue weighted by atomic mass is 9.96. The van der Waals surface area contributed by atoms with Crippen molar-refractivity contribution < 1.29 is 24.8 Å². The van der Waals surface area contributed by atoms with Crippen LogP contribution in [0.2, 0.25) is 0 Å². The van der Waals surface area contributed by atoms with Crippen LogP contribution >= 0.6 is 0 Å². The third-order valence-corrected chi connectivity index (χ3v) is 9.21. The van der Waals surface area contributed by atoms with E-state index in [2.05, 4.69) is 60.4 Å². The maximum atomic E-state index is 13.5. The molecule has 0 aliphatic rings. The van der Waals surface area contributed by atoms with Crippen molar-refractivity contribution in [3.05, 3.63) is 148 Å². The van der Waals surface area contributed by atoms with Gasteiger partial charge in [-0.2, -0.15) is 0 Å². The Labute approximate surface area is 309 Å². The second kappa shape index (κ2) is 16.8. The summed E-state index contributed by atoms with van der Waals surface area (Å²) in [7, 11) is 2.06. The minimum atomic E-state index is -0.459. The molecule has 6 aromatic rings. The van der Waals surface area contributed by atoms with Gasteiger partial charge in [-0.15, -0.1) is 0 Å². The predicted octanol–water partition coefficient (Wildman–Crippen LogP) is 9.06. The van der Waals surface area contributed by atoms with Crippen LogP contribution in [0.5, 0.6) is 0 Å². The zero-order valence-electron chi connectivity index (χ0n) is 30.8. The van der Waals surface area contributed by atoms with Gasteiger partial charge in [0.25, 0.3) is 0 Å². The first-order chi connectivity index (χ1) is 25.7. The minimum Gasteiger partial charge on any atom is -0.457 e. The van der Waals surface area contributed by atoms with E-state index in [0.717, 1.165) is 79.9 Å². The highest BCUT2D eigenvalue weighted by molar-refractivity contribution is 6.06. The molecule has 6 rings (SSSR count). The second-order valence-corrected chi connectivity index (χ2v) is 12.9. The van der Waals surface area contributed by atoms with E-state index in [-0.39, 0.29) is 18.6 Å². The molecule has 0 spiro atoms. The number of benzene rings is 4. The van der Waals surface area contributed by atoms with Gasteiger partial charge in [-0.25, -0.2) is 19.6 Å². The average Bonchev–Trinajstić information content (AvgIpc) is 3.69. The molecule has 0 radical (unpaired) electrons. The summed E-state index contributed by atoms with van der Waals surface area (Å²) in [6.07, 6.45) is 9.22. The first-order valence-electron chi connectivity index (χ1n) is 17.8. The number of hydrogen-bond donors (Lipinski definition) is 2.